The number of Topliss-reactive ketones (excluding diaryl/α,β-unsaturated/α-hetero) is 1. The number of hydrazone groups is 1. The normalized spacial score (nSPS) is 13.4. The lowest BCUT2D eigenvalue weighted by Crippen LogP contribution is -2.36. The first-order valence-electron chi connectivity index (χ1n) is 12.7. The van der Waals surface area contributed by atoms with Gasteiger partial charge < -0.3 is 0 Å². The Morgan fingerprint density at radius 3 is 2.38 bits per heavy atom. The smallest absolute Gasteiger partial charge is 0.296 e. The number of benzene rings is 3. The Morgan fingerprint density at radius 2 is 1.70 bits per heavy atom. The molecule has 0 aromatic heterocycles. The summed E-state index contributed by atoms with van der Waals surface area (Å²) in [6, 6.07) is 27.7. The zero-order valence-corrected chi connectivity index (χ0v) is 21.9. The van der Waals surface area contributed by atoms with Crippen molar-refractivity contribution >= 4 is 29.2 Å². The largest absolute Gasteiger partial charge is 0.355 e. The van der Waals surface area contributed by atoms with Gasteiger partial charge in [-0.3, -0.25) is 19.6 Å². The fourth-order valence-corrected chi connectivity index (χ4v) is 5.07. The second kappa shape index (κ2) is 13.7. The van der Waals surface area contributed by atoms with Crippen LogP contribution in [0, 0.1) is 0 Å². The van der Waals surface area contributed by atoms with E-state index in [0.717, 1.165) is 34.7 Å². The topological polar surface area (TPSA) is 68.2 Å². The summed E-state index contributed by atoms with van der Waals surface area (Å²) in [5.41, 5.74) is 2.75. The molecule has 0 fully saturated rings. The Kier molecular flexibility index (Phi) is 9.77. The summed E-state index contributed by atoms with van der Waals surface area (Å²) in [6.45, 7) is 3.32. The van der Waals surface area contributed by atoms with Crippen molar-refractivity contribution in [1.29, 1.82) is 0 Å². The predicted octanol–water partition coefficient (Wildman–Crippen LogP) is 6.27. The third kappa shape index (κ3) is 7.70. The van der Waals surface area contributed by atoms with E-state index < -0.39 is 0 Å². The van der Waals surface area contributed by atoms with Crippen LogP contribution in [-0.2, 0) is 14.5 Å². The molecule has 3 aromatic rings. The molecular weight excluding hydrogens is 484 g/mol. The van der Waals surface area contributed by atoms with Gasteiger partial charge in [-0.1, -0.05) is 73.7 Å². The first kappa shape index (κ1) is 26.5. The van der Waals surface area contributed by atoms with Crippen LogP contribution in [0.15, 0.2) is 94.9 Å². The minimum atomic E-state index is -0.373. The summed E-state index contributed by atoms with van der Waals surface area (Å²) in [5, 5.41) is 6.88. The zero-order valence-electron chi connectivity index (χ0n) is 21.0. The Morgan fingerprint density at radius 1 is 1.00 bits per heavy atom. The van der Waals surface area contributed by atoms with Crippen molar-refractivity contribution in [3.63, 3.8) is 0 Å². The fourth-order valence-electron chi connectivity index (χ4n) is 4.19. The molecule has 4 rings (SSSR count). The maximum atomic E-state index is 13.0. The van der Waals surface area contributed by atoms with Crippen LogP contribution >= 0.6 is 11.8 Å². The lowest BCUT2D eigenvalue weighted by Gasteiger charge is -2.28. The molecule has 37 heavy (non-hydrogen) atoms. The van der Waals surface area contributed by atoms with Crippen LogP contribution in [0.1, 0.15) is 49.7 Å². The van der Waals surface area contributed by atoms with E-state index in [1.54, 1.807) is 17.8 Å². The number of rotatable bonds is 12. The molecule has 0 unspecified atom stereocenters. The van der Waals surface area contributed by atoms with E-state index in [2.05, 4.69) is 24.3 Å². The van der Waals surface area contributed by atoms with E-state index in [1.165, 1.54) is 0 Å². The van der Waals surface area contributed by atoms with Crippen LogP contribution in [0.25, 0.3) is 0 Å². The minimum Gasteiger partial charge on any atom is -0.296 e. The van der Waals surface area contributed by atoms with E-state index in [9.17, 15) is 9.59 Å². The van der Waals surface area contributed by atoms with Crippen molar-refractivity contribution in [2.24, 2.45) is 5.10 Å². The highest BCUT2D eigenvalue weighted by Crippen LogP contribution is 2.29. The Hall–Kier alpha value is -3.58. The van der Waals surface area contributed by atoms with Crippen molar-refractivity contribution in [3.8, 4) is 5.75 Å². The van der Waals surface area contributed by atoms with E-state index in [0.29, 0.717) is 37.3 Å². The monoisotopic (exact) mass is 516 g/mol. The third-order valence-electron chi connectivity index (χ3n) is 5.99. The molecule has 1 aliphatic heterocycles. The molecule has 1 heterocycles. The van der Waals surface area contributed by atoms with Gasteiger partial charge in [-0.05, 0) is 47.9 Å². The molecule has 7 heteroatoms. The van der Waals surface area contributed by atoms with Gasteiger partial charge in [0.15, 0.2) is 11.5 Å². The minimum absolute atomic E-state index is 0.111. The fraction of sp³-hybridized carbons (Fsp3) is 0.300. The van der Waals surface area contributed by atoms with Crippen LogP contribution in [0.3, 0.4) is 0 Å². The summed E-state index contributed by atoms with van der Waals surface area (Å²) in [4.78, 5) is 35.6. The summed E-state index contributed by atoms with van der Waals surface area (Å²) in [5.74, 6) is 0.948. The summed E-state index contributed by atoms with van der Waals surface area (Å²) in [6.07, 6.45) is 2.43. The molecule has 3 aromatic carbocycles. The first-order valence-corrected chi connectivity index (χ1v) is 13.7. The zero-order chi connectivity index (χ0) is 25.9. The average molecular weight is 517 g/mol. The summed E-state index contributed by atoms with van der Waals surface area (Å²) < 4.78 is 0. The molecule has 0 saturated heterocycles. The molecule has 0 atom stereocenters. The van der Waals surface area contributed by atoms with Crippen LogP contribution in [0.4, 0.5) is 0 Å². The Balaban J connectivity index is 1.36. The number of hydrogen-bond donors (Lipinski definition) is 0. The molecule has 0 amide bonds. The highest BCUT2D eigenvalue weighted by atomic mass is 32.2. The Labute approximate surface area is 222 Å². The van der Waals surface area contributed by atoms with Crippen LogP contribution in [-0.4, -0.2) is 41.3 Å². The third-order valence-corrected chi connectivity index (χ3v) is 7.07. The summed E-state index contributed by atoms with van der Waals surface area (Å²) in [7, 11) is 0. The average Bonchev–Trinajstić information content (AvgIpc) is 2.93. The number of hydrogen-bond acceptors (Lipinski definition) is 7. The van der Waals surface area contributed by atoms with Gasteiger partial charge in [0.1, 0.15) is 5.71 Å². The van der Waals surface area contributed by atoms with Gasteiger partial charge in [-0.15, -0.1) is 11.8 Å². The Bertz CT molecular complexity index is 1160. The summed E-state index contributed by atoms with van der Waals surface area (Å²) >= 11 is 1.71. The second-order valence-corrected chi connectivity index (χ2v) is 10.0. The molecule has 0 aliphatic carbocycles. The van der Waals surface area contributed by atoms with Gasteiger partial charge in [0.25, 0.3) is 0 Å². The highest BCUT2D eigenvalue weighted by Gasteiger charge is 2.29. The number of thioether (sulfide) groups is 1. The van der Waals surface area contributed by atoms with Crippen molar-refractivity contribution < 1.29 is 19.4 Å². The van der Waals surface area contributed by atoms with Crippen LogP contribution in [0.2, 0.25) is 0 Å². The molecule has 0 radical (unpaired) electrons. The van der Waals surface area contributed by atoms with Gasteiger partial charge in [0.05, 0.1) is 5.92 Å². The highest BCUT2D eigenvalue weighted by molar-refractivity contribution is 7.99. The van der Waals surface area contributed by atoms with E-state index >= 15 is 0 Å². The maximum Gasteiger partial charge on any atom is 0.355 e. The van der Waals surface area contributed by atoms with Gasteiger partial charge in [-0.25, -0.2) is 4.79 Å². The lowest BCUT2D eigenvalue weighted by molar-refractivity contribution is -0.213. The second-order valence-electron chi connectivity index (χ2n) is 8.83. The predicted molar refractivity (Wildman–Crippen MR) is 147 cm³/mol. The standard InChI is InChI=1S/C30H32N2O4S/c1-2-11-28(34)36-35-25-16-9-17-26(22-25)37-21-10-19-32-20-18-27(33)30(31-32)29(23-12-5-3-6-13-23)24-14-7-4-8-15-24/h3-9,12-17,22,29H,2,10-11,18-21H2,1H3. The van der Waals surface area contributed by atoms with E-state index in [-0.39, 0.29) is 17.7 Å². The molecule has 0 N–H and O–H groups in total. The van der Waals surface area contributed by atoms with Crippen molar-refractivity contribution in [2.45, 2.75) is 43.4 Å². The van der Waals surface area contributed by atoms with E-state index in [4.69, 9.17) is 14.9 Å². The lowest BCUT2D eigenvalue weighted by atomic mass is 9.84. The number of carbonyl (C=O) groups is 2. The molecule has 0 bridgehead atoms. The number of carbonyl (C=O) groups excluding carboxylic acids is 2. The maximum absolute atomic E-state index is 13.0. The van der Waals surface area contributed by atoms with Gasteiger partial charge in [0.2, 0.25) is 0 Å². The molecule has 6 nitrogen and oxygen atoms in total. The van der Waals surface area contributed by atoms with Crippen LogP contribution < -0.4 is 4.89 Å². The molecule has 1 aliphatic rings. The van der Waals surface area contributed by atoms with Gasteiger partial charge in [0, 0.05) is 30.8 Å². The molecule has 192 valence electrons. The quantitative estimate of drug-likeness (QED) is 0.122. The van der Waals surface area contributed by atoms with Crippen LogP contribution in [0.5, 0.6) is 5.75 Å². The van der Waals surface area contributed by atoms with Crippen molar-refractivity contribution in [3.05, 3.63) is 96.1 Å². The van der Waals surface area contributed by atoms with E-state index in [1.807, 2.05) is 66.5 Å². The SMILES string of the molecule is CCCC(=O)OOc1cccc(SCCCN2CCC(=O)C(C(c3ccccc3)c3ccccc3)=N2)c1. The molecular formula is C30H32N2O4S. The molecule has 0 saturated carbocycles. The van der Waals surface area contributed by atoms with Gasteiger partial charge in [-0.2, -0.15) is 5.10 Å². The first-order chi connectivity index (χ1) is 18.1. The molecule has 0 spiro atoms. The number of nitrogens with zero attached hydrogens (tertiary/aromatic N) is 2. The van der Waals surface area contributed by atoms with Crippen molar-refractivity contribution in [1.82, 2.24) is 5.01 Å². The number of ketones is 1. The van der Waals surface area contributed by atoms with Gasteiger partial charge >= 0.3 is 5.97 Å². The van der Waals surface area contributed by atoms with Crippen molar-refractivity contribution in [2.75, 3.05) is 18.8 Å².